The molecule has 0 radical (unpaired) electrons. The van der Waals surface area contributed by atoms with Crippen molar-refractivity contribution >= 4 is 28.2 Å². The molecule has 1 N–H and O–H groups in total. The summed E-state index contributed by atoms with van der Waals surface area (Å²) in [6, 6.07) is 1.81. The third kappa shape index (κ3) is 2.27. The molecule has 3 heterocycles. The summed E-state index contributed by atoms with van der Waals surface area (Å²) in [7, 11) is 0. The molecule has 106 valence electrons. The summed E-state index contributed by atoms with van der Waals surface area (Å²) in [5.74, 6) is 0.724. The van der Waals surface area contributed by atoms with E-state index in [-0.39, 0.29) is 11.7 Å². The maximum atomic E-state index is 12.2. The summed E-state index contributed by atoms with van der Waals surface area (Å²) in [6.45, 7) is 1.88. The zero-order chi connectivity index (χ0) is 14.4. The van der Waals surface area contributed by atoms with E-state index in [0.717, 1.165) is 11.4 Å². The smallest absolute Gasteiger partial charge is 0.295 e. The molecule has 4 rings (SSSR count). The summed E-state index contributed by atoms with van der Waals surface area (Å²) < 4.78 is 1.55. The van der Waals surface area contributed by atoms with Crippen LogP contribution in [0.25, 0.3) is 5.78 Å². The van der Waals surface area contributed by atoms with Gasteiger partial charge in [0.2, 0.25) is 5.82 Å². The molecule has 1 amide bonds. The number of aromatic nitrogens is 5. The Kier molecular flexibility index (Phi) is 2.71. The van der Waals surface area contributed by atoms with E-state index >= 15 is 0 Å². The van der Waals surface area contributed by atoms with Gasteiger partial charge < -0.3 is 0 Å². The molecular weight excluding hydrogens is 288 g/mol. The number of carbonyl (C=O) groups excluding carboxylic acids is 1. The van der Waals surface area contributed by atoms with Crippen molar-refractivity contribution in [2.45, 2.75) is 25.7 Å². The average Bonchev–Trinajstić information content (AvgIpc) is 3.05. The number of fused-ring (bicyclic) bond motifs is 1. The first-order chi connectivity index (χ1) is 10.2. The topological polar surface area (TPSA) is 85.1 Å². The van der Waals surface area contributed by atoms with E-state index in [1.807, 2.05) is 18.4 Å². The van der Waals surface area contributed by atoms with Gasteiger partial charge in [-0.15, -0.1) is 16.4 Å². The molecule has 21 heavy (non-hydrogen) atoms. The largest absolute Gasteiger partial charge is 0.297 e. The second-order valence-corrected chi connectivity index (χ2v) is 5.90. The highest BCUT2D eigenvalue weighted by molar-refractivity contribution is 7.14. The molecule has 8 heteroatoms. The summed E-state index contributed by atoms with van der Waals surface area (Å²) in [6.07, 6.45) is 4.02. The Labute approximate surface area is 124 Å². The first kappa shape index (κ1) is 12.4. The van der Waals surface area contributed by atoms with E-state index in [1.54, 1.807) is 10.7 Å². The number of thiazole rings is 1. The summed E-state index contributed by atoms with van der Waals surface area (Å²) >= 11 is 1.43. The SMILES string of the molecule is Cc1ccnc2nc(C(=O)Nc3nc(C4CC4)cs3)nn12. The molecule has 0 bridgehead atoms. The second-order valence-electron chi connectivity index (χ2n) is 5.04. The molecule has 3 aromatic heterocycles. The monoisotopic (exact) mass is 300 g/mol. The normalized spacial score (nSPS) is 14.5. The van der Waals surface area contributed by atoms with Crippen LogP contribution < -0.4 is 5.32 Å². The van der Waals surface area contributed by atoms with Crippen LogP contribution in [0.4, 0.5) is 5.13 Å². The summed E-state index contributed by atoms with van der Waals surface area (Å²) in [5.41, 5.74) is 1.94. The maximum Gasteiger partial charge on any atom is 0.297 e. The predicted molar refractivity (Wildman–Crippen MR) is 77.6 cm³/mol. The minimum absolute atomic E-state index is 0.0972. The van der Waals surface area contributed by atoms with E-state index in [0.29, 0.717) is 16.8 Å². The van der Waals surface area contributed by atoms with Gasteiger partial charge in [-0.25, -0.2) is 14.5 Å². The lowest BCUT2D eigenvalue weighted by molar-refractivity contribution is 0.101. The van der Waals surface area contributed by atoms with E-state index in [1.165, 1.54) is 24.2 Å². The van der Waals surface area contributed by atoms with Crippen LogP contribution in [0.2, 0.25) is 0 Å². The van der Waals surface area contributed by atoms with Gasteiger partial charge in [0.05, 0.1) is 5.69 Å². The third-order valence-electron chi connectivity index (χ3n) is 3.37. The van der Waals surface area contributed by atoms with Gasteiger partial charge in [-0.3, -0.25) is 10.1 Å². The second kappa shape index (κ2) is 4.59. The Bertz CT molecular complexity index is 834. The quantitative estimate of drug-likeness (QED) is 0.800. The zero-order valence-corrected chi connectivity index (χ0v) is 12.1. The van der Waals surface area contributed by atoms with Gasteiger partial charge in [-0.2, -0.15) is 4.98 Å². The summed E-state index contributed by atoms with van der Waals surface area (Å²) in [4.78, 5) is 24.8. The molecule has 1 fully saturated rings. The highest BCUT2D eigenvalue weighted by Gasteiger charge is 2.26. The van der Waals surface area contributed by atoms with Crippen molar-refractivity contribution in [3.8, 4) is 0 Å². The van der Waals surface area contributed by atoms with Crippen molar-refractivity contribution in [1.82, 2.24) is 24.6 Å². The van der Waals surface area contributed by atoms with Crippen molar-refractivity contribution in [3.63, 3.8) is 0 Å². The van der Waals surface area contributed by atoms with Crippen LogP contribution in [0.3, 0.4) is 0 Å². The fraction of sp³-hybridized carbons (Fsp3) is 0.308. The molecule has 1 aliphatic rings. The van der Waals surface area contributed by atoms with Crippen LogP contribution in [-0.4, -0.2) is 30.5 Å². The number of nitrogens with zero attached hydrogens (tertiary/aromatic N) is 5. The number of rotatable bonds is 3. The van der Waals surface area contributed by atoms with Crippen molar-refractivity contribution in [2.75, 3.05) is 5.32 Å². The van der Waals surface area contributed by atoms with Gasteiger partial charge in [0.15, 0.2) is 5.13 Å². The fourth-order valence-electron chi connectivity index (χ4n) is 2.07. The average molecular weight is 300 g/mol. The molecule has 0 aliphatic heterocycles. The number of hydrogen-bond donors (Lipinski definition) is 1. The van der Waals surface area contributed by atoms with Crippen molar-refractivity contribution < 1.29 is 4.79 Å². The Morgan fingerprint density at radius 1 is 1.43 bits per heavy atom. The Balaban J connectivity index is 1.58. The molecule has 0 atom stereocenters. The Hall–Kier alpha value is -2.35. The Morgan fingerprint density at radius 2 is 2.29 bits per heavy atom. The van der Waals surface area contributed by atoms with Gasteiger partial charge in [-0.05, 0) is 25.8 Å². The van der Waals surface area contributed by atoms with E-state index in [4.69, 9.17) is 0 Å². The van der Waals surface area contributed by atoms with E-state index in [9.17, 15) is 4.79 Å². The number of anilines is 1. The molecule has 1 aliphatic carbocycles. The molecule has 1 saturated carbocycles. The van der Waals surface area contributed by atoms with E-state index < -0.39 is 0 Å². The van der Waals surface area contributed by atoms with Crippen molar-refractivity contribution in [3.05, 3.63) is 34.9 Å². The maximum absolute atomic E-state index is 12.2. The van der Waals surface area contributed by atoms with Crippen LogP contribution in [0.15, 0.2) is 17.6 Å². The zero-order valence-electron chi connectivity index (χ0n) is 11.3. The summed E-state index contributed by atoms with van der Waals surface area (Å²) in [5, 5.41) is 9.50. The van der Waals surface area contributed by atoms with Crippen LogP contribution >= 0.6 is 11.3 Å². The molecule has 7 nitrogen and oxygen atoms in total. The van der Waals surface area contributed by atoms with Crippen LogP contribution in [0.1, 0.15) is 40.8 Å². The number of nitrogens with one attached hydrogen (secondary N) is 1. The number of carbonyl (C=O) groups is 1. The standard InChI is InChI=1S/C13H12N6OS/c1-7-4-5-14-12-16-10(18-19(7)12)11(20)17-13-15-9(6-21-13)8-2-3-8/h4-6,8H,2-3H2,1H3,(H,15,17,20). The van der Waals surface area contributed by atoms with Gasteiger partial charge >= 0.3 is 0 Å². The minimum Gasteiger partial charge on any atom is -0.295 e. The lowest BCUT2D eigenvalue weighted by Gasteiger charge is -1.96. The predicted octanol–water partition coefficient (Wildman–Crippen LogP) is 2.02. The molecule has 0 saturated heterocycles. The third-order valence-corrected chi connectivity index (χ3v) is 4.15. The van der Waals surface area contributed by atoms with Crippen LogP contribution in [-0.2, 0) is 0 Å². The molecule has 0 aromatic carbocycles. The first-order valence-corrected chi connectivity index (χ1v) is 7.54. The van der Waals surface area contributed by atoms with Gasteiger partial charge in [0, 0.05) is 23.2 Å². The highest BCUT2D eigenvalue weighted by Crippen LogP contribution is 2.40. The van der Waals surface area contributed by atoms with Crippen LogP contribution in [0, 0.1) is 6.92 Å². The first-order valence-electron chi connectivity index (χ1n) is 6.66. The van der Waals surface area contributed by atoms with Crippen LogP contribution in [0.5, 0.6) is 0 Å². The number of aryl methyl sites for hydroxylation is 1. The van der Waals surface area contributed by atoms with Crippen molar-refractivity contribution in [1.29, 1.82) is 0 Å². The van der Waals surface area contributed by atoms with Gasteiger partial charge in [0.1, 0.15) is 0 Å². The fourth-order valence-corrected chi connectivity index (χ4v) is 2.85. The molecule has 0 unspecified atom stereocenters. The minimum atomic E-state index is -0.364. The lowest BCUT2D eigenvalue weighted by Crippen LogP contribution is -2.14. The molecular formula is C13H12N6OS. The lowest BCUT2D eigenvalue weighted by atomic mass is 10.3. The molecule has 0 spiro atoms. The van der Waals surface area contributed by atoms with E-state index in [2.05, 4.69) is 25.4 Å². The van der Waals surface area contributed by atoms with Crippen molar-refractivity contribution in [2.24, 2.45) is 0 Å². The number of amides is 1. The van der Waals surface area contributed by atoms with Gasteiger partial charge in [-0.1, -0.05) is 0 Å². The highest BCUT2D eigenvalue weighted by atomic mass is 32.1. The van der Waals surface area contributed by atoms with Gasteiger partial charge in [0.25, 0.3) is 11.7 Å². The number of hydrogen-bond acceptors (Lipinski definition) is 6. The Morgan fingerprint density at radius 3 is 3.05 bits per heavy atom. The molecule has 3 aromatic rings.